The largest absolute Gasteiger partial charge is 0.435 e. The quantitative estimate of drug-likeness (QED) is 0.870. The fourth-order valence-corrected chi connectivity index (χ4v) is 2.76. The average Bonchev–Trinajstić information content (AvgIpc) is 3.23. The first kappa shape index (κ1) is 18.2. The van der Waals surface area contributed by atoms with E-state index in [1.807, 2.05) is 0 Å². The Kier molecular flexibility index (Phi) is 5.17. The number of anilines is 1. The fraction of sp³-hybridized carbons (Fsp3) is 0.412. The van der Waals surface area contributed by atoms with Crippen molar-refractivity contribution in [1.29, 1.82) is 0 Å². The van der Waals surface area contributed by atoms with Gasteiger partial charge in [0.25, 0.3) is 0 Å². The number of amides is 2. The highest BCUT2D eigenvalue weighted by molar-refractivity contribution is 5.89. The Morgan fingerprint density at radius 3 is 2.65 bits per heavy atom. The van der Waals surface area contributed by atoms with Crippen LogP contribution in [0.3, 0.4) is 0 Å². The van der Waals surface area contributed by atoms with Crippen molar-refractivity contribution in [2.75, 3.05) is 25.1 Å². The van der Waals surface area contributed by atoms with E-state index in [1.54, 1.807) is 24.3 Å². The number of carbonyl (C=O) groups excluding carboxylic acids is 1. The van der Waals surface area contributed by atoms with Crippen molar-refractivity contribution in [1.82, 2.24) is 15.1 Å². The molecule has 1 saturated heterocycles. The lowest BCUT2D eigenvalue weighted by atomic mass is 10.1. The van der Waals surface area contributed by atoms with E-state index in [9.17, 15) is 18.0 Å². The Bertz CT molecular complexity index is 765. The van der Waals surface area contributed by atoms with Crippen LogP contribution in [0.25, 0.3) is 11.3 Å². The number of benzene rings is 1. The normalized spacial score (nSPS) is 17.3. The third kappa shape index (κ3) is 4.34. The van der Waals surface area contributed by atoms with Crippen molar-refractivity contribution < 1.29 is 22.7 Å². The molecule has 0 spiro atoms. The molecule has 26 heavy (non-hydrogen) atoms. The second-order valence-electron chi connectivity index (χ2n) is 6.18. The molecule has 3 rings (SSSR count). The van der Waals surface area contributed by atoms with Gasteiger partial charge < -0.3 is 15.4 Å². The van der Waals surface area contributed by atoms with Gasteiger partial charge in [-0.3, -0.25) is 4.68 Å². The molecule has 0 saturated carbocycles. The maximum absolute atomic E-state index is 12.8. The molecular formula is C17H19F3N4O2. The third-order valence-electron chi connectivity index (χ3n) is 4.18. The van der Waals surface area contributed by atoms with Crippen molar-refractivity contribution in [2.45, 2.75) is 12.6 Å². The van der Waals surface area contributed by atoms with Gasteiger partial charge in [-0.1, -0.05) is 12.1 Å². The van der Waals surface area contributed by atoms with Gasteiger partial charge in [0.2, 0.25) is 0 Å². The number of nitrogens with zero attached hydrogens (tertiary/aromatic N) is 2. The van der Waals surface area contributed by atoms with Gasteiger partial charge in [-0.15, -0.1) is 0 Å². The van der Waals surface area contributed by atoms with Crippen LogP contribution < -0.4 is 10.6 Å². The lowest BCUT2D eigenvalue weighted by Crippen LogP contribution is -2.33. The summed E-state index contributed by atoms with van der Waals surface area (Å²) in [5.74, 6) is 0.329. The molecular weight excluding hydrogens is 349 g/mol. The number of aryl methyl sites for hydroxylation is 1. The first-order chi connectivity index (χ1) is 12.3. The summed E-state index contributed by atoms with van der Waals surface area (Å²) in [4.78, 5) is 11.9. The second-order valence-corrected chi connectivity index (χ2v) is 6.18. The van der Waals surface area contributed by atoms with Gasteiger partial charge in [-0.2, -0.15) is 18.3 Å². The van der Waals surface area contributed by atoms with Crippen LogP contribution in [0.2, 0.25) is 0 Å². The number of alkyl halides is 3. The topological polar surface area (TPSA) is 68.2 Å². The number of nitrogens with one attached hydrogen (secondary N) is 2. The summed E-state index contributed by atoms with van der Waals surface area (Å²) < 4.78 is 44.7. The molecule has 1 aromatic carbocycles. The van der Waals surface area contributed by atoms with Crippen LogP contribution in [-0.2, 0) is 18.0 Å². The number of ether oxygens (including phenoxy) is 1. The number of hydrogen-bond acceptors (Lipinski definition) is 3. The van der Waals surface area contributed by atoms with E-state index in [1.165, 1.54) is 11.7 Å². The summed E-state index contributed by atoms with van der Waals surface area (Å²) in [5.41, 5.74) is 0.527. The SMILES string of the molecule is Cn1nc(C(F)(F)F)cc1-c1ccc(NC(=O)NC[C@H]2CCOC2)cc1. The van der Waals surface area contributed by atoms with Gasteiger partial charge in [0.05, 0.1) is 12.3 Å². The summed E-state index contributed by atoms with van der Waals surface area (Å²) in [7, 11) is 1.46. The highest BCUT2D eigenvalue weighted by Gasteiger charge is 2.34. The van der Waals surface area contributed by atoms with E-state index < -0.39 is 11.9 Å². The van der Waals surface area contributed by atoms with Crippen LogP contribution in [0.15, 0.2) is 30.3 Å². The molecule has 1 fully saturated rings. The molecule has 9 heteroatoms. The molecule has 1 aliphatic rings. The molecule has 140 valence electrons. The molecule has 1 atom stereocenters. The molecule has 2 N–H and O–H groups in total. The van der Waals surface area contributed by atoms with Gasteiger partial charge in [0, 0.05) is 31.8 Å². The van der Waals surface area contributed by atoms with Crippen molar-refractivity contribution in [3.63, 3.8) is 0 Å². The summed E-state index contributed by atoms with van der Waals surface area (Å²) in [5, 5.41) is 8.97. The Hall–Kier alpha value is -2.55. The summed E-state index contributed by atoms with van der Waals surface area (Å²) >= 11 is 0. The second kappa shape index (κ2) is 7.36. The Morgan fingerprint density at radius 2 is 2.08 bits per heavy atom. The van der Waals surface area contributed by atoms with E-state index in [0.717, 1.165) is 19.1 Å². The van der Waals surface area contributed by atoms with E-state index in [2.05, 4.69) is 15.7 Å². The smallest absolute Gasteiger partial charge is 0.381 e. The minimum atomic E-state index is -4.49. The molecule has 2 amide bonds. The van der Waals surface area contributed by atoms with E-state index in [-0.39, 0.29) is 6.03 Å². The van der Waals surface area contributed by atoms with Crippen LogP contribution in [-0.4, -0.2) is 35.6 Å². The van der Waals surface area contributed by atoms with Crippen LogP contribution in [0.1, 0.15) is 12.1 Å². The first-order valence-corrected chi connectivity index (χ1v) is 8.17. The van der Waals surface area contributed by atoms with Gasteiger partial charge >= 0.3 is 12.2 Å². The lowest BCUT2D eigenvalue weighted by Gasteiger charge is -2.11. The van der Waals surface area contributed by atoms with Crippen LogP contribution in [0.5, 0.6) is 0 Å². The van der Waals surface area contributed by atoms with Crippen molar-refractivity contribution >= 4 is 11.7 Å². The van der Waals surface area contributed by atoms with E-state index in [4.69, 9.17) is 4.74 Å². The number of urea groups is 1. The molecule has 6 nitrogen and oxygen atoms in total. The van der Waals surface area contributed by atoms with E-state index in [0.29, 0.717) is 36.0 Å². The van der Waals surface area contributed by atoms with Gasteiger partial charge in [0.1, 0.15) is 0 Å². The highest BCUT2D eigenvalue weighted by Crippen LogP contribution is 2.31. The minimum Gasteiger partial charge on any atom is -0.381 e. The van der Waals surface area contributed by atoms with Crippen molar-refractivity contribution in [3.05, 3.63) is 36.0 Å². The number of hydrogen-bond donors (Lipinski definition) is 2. The zero-order chi connectivity index (χ0) is 18.7. The number of rotatable bonds is 4. The highest BCUT2D eigenvalue weighted by atomic mass is 19.4. The summed E-state index contributed by atoms with van der Waals surface area (Å²) in [6.07, 6.45) is -3.56. The maximum atomic E-state index is 12.8. The Morgan fingerprint density at radius 1 is 1.35 bits per heavy atom. The Labute approximate surface area is 148 Å². The summed E-state index contributed by atoms with van der Waals surface area (Å²) in [6, 6.07) is 7.21. The summed E-state index contributed by atoms with van der Waals surface area (Å²) in [6.45, 7) is 1.91. The molecule has 1 aromatic heterocycles. The monoisotopic (exact) mass is 368 g/mol. The lowest BCUT2D eigenvalue weighted by molar-refractivity contribution is -0.141. The molecule has 0 unspecified atom stereocenters. The zero-order valence-electron chi connectivity index (χ0n) is 14.1. The first-order valence-electron chi connectivity index (χ1n) is 8.17. The number of halogens is 3. The number of carbonyl (C=O) groups is 1. The van der Waals surface area contributed by atoms with Gasteiger partial charge in [-0.05, 0) is 30.2 Å². The molecule has 2 heterocycles. The van der Waals surface area contributed by atoms with Gasteiger partial charge in [0.15, 0.2) is 5.69 Å². The predicted octanol–water partition coefficient (Wildman–Crippen LogP) is 3.26. The molecule has 1 aliphatic heterocycles. The maximum Gasteiger partial charge on any atom is 0.435 e. The average molecular weight is 368 g/mol. The van der Waals surface area contributed by atoms with Gasteiger partial charge in [-0.25, -0.2) is 4.79 Å². The van der Waals surface area contributed by atoms with Crippen molar-refractivity contribution in [3.8, 4) is 11.3 Å². The fourth-order valence-electron chi connectivity index (χ4n) is 2.76. The van der Waals surface area contributed by atoms with Crippen molar-refractivity contribution in [2.24, 2.45) is 13.0 Å². The Balaban J connectivity index is 1.61. The molecule has 0 aliphatic carbocycles. The van der Waals surface area contributed by atoms with Crippen LogP contribution in [0, 0.1) is 5.92 Å². The number of aromatic nitrogens is 2. The minimum absolute atomic E-state index is 0.329. The zero-order valence-corrected chi connectivity index (χ0v) is 14.1. The van der Waals surface area contributed by atoms with Crippen LogP contribution >= 0.6 is 0 Å². The molecule has 0 radical (unpaired) electrons. The van der Waals surface area contributed by atoms with E-state index >= 15 is 0 Å². The molecule has 2 aromatic rings. The predicted molar refractivity (Wildman–Crippen MR) is 89.6 cm³/mol. The standard InChI is InChI=1S/C17H19F3N4O2/c1-24-14(8-15(23-24)17(18,19)20)12-2-4-13(5-3-12)22-16(25)21-9-11-6-7-26-10-11/h2-5,8,11H,6-7,9-10H2,1H3,(H2,21,22,25)/t11-/m1/s1. The molecule has 0 bridgehead atoms. The third-order valence-corrected chi connectivity index (χ3v) is 4.18. The van der Waals surface area contributed by atoms with Crippen LogP contribution in [0.4, 0.5) is 23.7 Å².